The maximum Gasteiger partial charge on any atom is 0.220 e. The molecule has 0 aromatic carbocycles. The molecular weight excluding hydrogens is 795 g/mol. The first-order valence-corrected chi connectivity index (χ1v) is 28.7. The summed E-state index contributed by atoms with van der Waals surface area (Å²) in [6.45, 7) is 4.22. The van der Waals surface area contributed by atoms with Gasteiger partial charge in [0, 0.05) is 6.42 Å². The first-order chi connectivity index (χ1) is 32.2. The third-order valence-electron chi connectivity index (χ3n) is 12.9. The van der Waals surface area contributed by atoms with Gasteiger partial charge in [0.1, 0.15) is 0 Å². The molecule has 0 aromatic rings. The zero-order valence-corrected chi connectivity index (χ0v) is 43.5. The number of allylic oxidation sites excluding steroid dienone is 11. The molecule has 378 valence electrons. The topological polar surface area (TPSA) is 69.6 Å². The number of hydrogen-bond acceptors (Lipinski definition) is 3. The second-order valence-corrected chi connectivity index (χ2v) is 19.3. The Balaban J connectivity index is 3.49. The van der Waals surface area contributed by atoms with Crippen molar-refractivity contribution in [2.24, 2.45) is 0 Å². The number of amides is 1. The van der Waals surface area contributed by atoms with Crippen LogP contribution in [0.15, 0.2) is 72.9 Å². The minimum atomic E-state index is -0.841. The van der Waals surface area contributed by atoms with Crippen LogP contribution in [0.4, 0.5) is 0 Å². The fourth-order valence-electron chi connectivity index (χ4n) is 8.62. The SMILES string of the molecule is CC/C=C\C/C=C\C/C=C\C/C=C\C/C=C\CCCCCCCCCCCCCCCCCCCC(=O)NC(CO)C(O)/C=C/CCCCCCCCCCCCCCCCCCCC. The third-order valence-corrected chi connectivity index (χ3v) is 12.9. The van der Waals surface area contributed by atoms with E-state index in [2.05, 4.69) is 79.9 Å². The molecule has 0 aromatic heterocycles. The summed E-state index contributed by atoms with van der Waals surface area (Å²) in [5, 5.41) is 23.2. The molecule has 4 nitrogen and oxygen atoms in total. The van der Waals surface area contributed by atoms with E-state index < -0.39 is 12.1 Å². The maximum absolute atomic E-state index is 12.5. The molecule has 0 saturated carbocycles. The van der Waals surface area contributed by atoms with E-state index in [1.54, 1.807) is 6.08 Å². The molecule has 0 bridgehead atoms. The first kappa shape index (κ1) is 62.8. The van der Waals surface area contributed by atoms with E-state index in [9.17, 15) is 15.0 Å². The van der Waals surface area contributed by atoms with Crippen molar-refractivity contribution in [1.29, 1.82) is 0 Å². The van der Waals surface area contributed by atoms with Crippen molar-refractivity contribution in [2.75, 3.05) is 6.61 Å². The molecule has 2 unspecified atom stereocenters. The second-order valence-electron chi connectivity index (χ2n) is 19.3. The van der Waals surface area contributed by atoms with Crippen LogP contribution in [0, 0.1) is 0 Å². The predicted molar refractivity (Wildman–Crippen MR) is 290 cm³/mol. The van der Waals surface area contributed by atoms with Gasteiger partial charge in [-0.1, -0.05) is 292 Å². The van der Waals surface area contributed by atoms with Gasteiger partial charge in [-0.15, -0.1) is 0 Å². The summed E-state index contributed by atoms with van der Waals surface area (Å²) in [7, 11) is 0. The maximum atomic E-state index is 12.5. The Morgan fingerprint density at radius 2 is 0.677 bits per heavy atom. The van der Waals surface area contributed by atoms with Crippen molar-refractivity contribution in [3.8, 4) is 0 Å². The minimum absolute atomic E-state index is 0.0620. The van der Waals surface area contributed by atoms with Gasteiger partial charge in [0.25, 0.3) is 0 Å². The summed E-state index contributed by atoms with van der Waals surface area (Å²) in [4.78, 5) is 12.5. The van der Waals surface area contributed by atoms with Crippen molar-refractivity contribution in [3.63, 3.8) is 0 Å². The number of nitrogens with one attached hydrogen (secondary N) is 1. The van der Waals surface area contributed by atoms with E-state index in [1.807, 2.05) is 6.08 Å². The molecule has 2 atom stereocenters. The first-order valence-electron chi connectivity index (χ1n) is 28.7. The van der Waals surface area contributed by atoms with Crippen LogP contribution in [0.1, 0.15) is 290 Å². The molecule has 0 aliphatic rings. The fourth-order valence-corrected chi connectivity index (χ4v) is 8.62. The number of unbranched alkanes of at least 4 members (excludes halogenated alkanes) is 35. The van der Waals surface area contributed by atoms with Crippen molar-refractivity contribution in [2.45, 2.75) is 302 Å². The van der Waals surface area contributed by atoms with Crippen molar-refractivity contribution < 1.29 is 15.0 Å². The molecule has 0 spiro atoms. The Hall–Kier alpha value is -2.17. The van der Waals surface area contributed by atoms with E-state index in [4.69, 9.17) is 0 Å². The average molecular weight is 907 g/mol. The van der Waals surface area contributed by atoms with Gasteiger partial charge in [0.05, 0.1) is 18.8 Å². The molecule has 0 saturated heterocycles. The van der Waals surface area contributed by atoms with Gasteiger partial charge in [0.2, 0.25) is 5.91 Å². The van der Waals surface area contributed by atoms with Crippen molar-refractivity contribution >= 4 is 5.91 Å². The van der Waals surface area contributed by atoms with Crippen LogP contribution >= 0.6 is 0 Å². The standard InChI is InChI=1S/C61H111NO3/c1-3-5-7-9-11-13-15-17-19-21-23-25-26-27-28-29-30-31-32-33-34-35-36-37-39-41-43-45-47-49-51-53-55-57-61(65)62-59(58-63)60(64)56-54-52-50-48-46-44-42-40-38-24-22-20-18-16-14-12-10-8-6-4-2/h5,7,11,13,17,19,23,25,27-28,54,56,59-60,63-64H,3-4,6,8-10,12,14-16,18,20-22,24,26,29-53,55,57-58H2,1-2H3,(H,62,65)/b7-5-,13-11-,19-17-,25-23-,28-27-,56-54+. The van der Waals surface area contributed by atoms with Gasteiger partial charge >= 0.3 is 0 Å². The highest BCUT2D eigenvalue weighted by Crippen LogP contribution is 2.17. The Morgan fingerprint density at radius 1 is 0.385 bits per heavy atom. The van der Waals surface area contributed by atoms with E-state index in [1.165, 1.54) is 212 Å². The fraction of sp³-hybridized carbons (Fsp3) is 0.787. The lowest BCUT2D eigenvalue weighted by Gasteiger charge is -2.20. The lowest BCUT2D eigenvalue weighted by Crippen LogP contribution is -2.45. The van der Waals surface area contributed by atoms with Crippen LogP contribution in [0.3, 0.4) is 0 Å². The Kier molecular flexibility index (Phi) is 54.3. The Bertz CT molecular complexity index is 1120. The number of carbonyl (C=O) groups is 1. The minimum Gasteiger partial charge on any atom is -0.394 e. The summed E-state index contributed by atoms with van der Waals surface area (Å²) in [6, 6.07) is -0.624. The van der Waals surface area contributed by atoms with Crippen LogP contribution in [0.5, 0.6) is 0 Å². The van der Waals surface area contributed by atoms with Gasteiger partial charge in [-0.3, -0.25) is 4.79 Å². The van der Waals surface area contributed by atoms with Crippen LogP contribution in [0.25, 0.3) is 0 Å². The van der Waals surface area contributed by atoms with Crippen molar-refractivity contribution in [3.05, 3.63) is 72.9 Å². The van der Waals surface area contributed by atoms with E-state index >= 15 is 0 Å². The highest BCUT2D eigenvalue weighted by atomic mass is 16.3. The van der Waals surface area contributed by atoms with Gasteiger partial charge in [-0.05, 0) is 64.2 Å². The van der Waals surface area contributed by atoms with E-state index in [0.717, 1.165) is 57.8 Å². The number of carbonyl (C=O) groups excluding carboxylic acids is 1. The lowest BCUT2D eigenvalue weighted by molar-refractivity contribution is -0.123. The van der Waals surface area contributed by atoms with Gasteiger partial charge in [-0.25, -0.2) is 0 Å². The summed E-state index contributed by atoms with van der Waals surface area (Å²) >= 11 is 0. The average Bonchev–Trinajstić information content (AvgIpc) is 3.31. The highest BCUT2D eigenvalue weighted by molar-refractivity contribution is 5.76. The molecule has 0 aliphatic carbocycles. The molecular formula is C61H111NO3. The number of hydrogen-bond donors (Lipinski definition) is 3. The van der Waals surface area contributed by atoms with Crippen LogP contribution in [0.2, 0.25) is 0 Å². The summed E-state index contributed by atoms with van der Waals surface area (Å²) < 4.78 is 0. The monoisotopic (exact) mass is 906 g/mol. The molecule has 65 heavy (non-hydrogen) atoms. The second kappa shape index (κ2) is 56.2. The molecule has 0 fully saturated rings. The van der Waals surface area contributed by atoms with Gasteiger partial charge in [0.15, 0.2) is 0 Å². The highest BCUT2D eigenvalue weighted by Gasteiger charge is 2.18. The number of aliphatic hydroxyl groups excluding tert-OH is 2. The van der Waals surface area contributed by atoms with Crippen LogP contribution in [-0.2, 0) is 4.79 Å². The Labute approximate surface area is 406 Å². The summed E-state index contributed by atoms with van der Waals surface area (Å²) in [5.74, 6) is -0.0620. The van der Waals surface area contributed by atoms with Crippen LogP contribution in [-0.4, -0.2) is 34.9 Å². The van der Waals surface area contributed by atoms with E-state index in [-0.39, 0.29) is 12.5 Å². The third kappa shape index (κ3) is 52.7. The van der Waals surface area contributed by atoms with Gasteiger partial charge < -0.3 is 15.5 Å². The van der Waals surface area contributed by atoms with Crippen molar-refractivity contribution in [1.82, 2.24) is 5.32 Å². The number of aliphatic hydroxyl groups is 2. The molecule has 1 amide bonds. The molecule has 0 rings (SSSR count). The zero-order valence-electron chi connectivity index (χ0n) is 43.5. The molecule has 3 N–H and O–H groups in total. The summed E-state index contributed by atoms with van der Waals surface area (Å²) in [5.41, 5.74) is 0. The number of rotatable bonds is 52. The predicted octanol–water partition coefficient (Wildman–Crippen LogP) is 19.0. The molecule has 0 aliphatic heterocycles. The smallest absolute Gasteiger partial charge is 0.220 e. The normalized spacial score (nSPS) is 13.4. The lowest BCUT2D eigenvalue weighted by atomic mass is 10.0. The molecule has 0 heterocycles. The van der Waals surface area contributed by atoms with E-state index in [0.29, 0.717) is 6.42 Å². The molecule has 0 radical (unpaired) electrons. The largest absolute Gasteiger partial charge is 0.394 e. The molecule has 4 heteroatoms. The summed E-state index contributed by atoms with van der Waals surface area (Å²) in [6.07, 6.45) is 80.6. The quantitative estimate of drug-likeness (QED) is 0.0421. The van der Waals surface area contributed by atoms with Crippen LogP contribution < -0.4 is 5.32 Å². The Morgan fingerprint density at radius 3 is 1.02 bits per heavy atom. The van der Waals surface area contributed by atoms with Gasteiger partial charge in [-0.2, -0.15) is 0 Å². The zero-order chi connectivity index (χ0) is 47.0.